The van der Waals surface area contributed by atoms with E-state index in [1.54, 1.807) is 6.20 Å². The van der Waals surface area contributed by atoms with Gasteiger partial charge in [0.25, 0.3) is 0 Å². The molecule has 0 bridgehead atoms. The molecule has 1 atom stereocenters. The number of rotatable bonds is 3. The first-order valence-electron chi connectivity index (χ1n) is 7.26. The van der Waals surface area contributed by atoms with Gasteiger partial charge in [-0.2, -0.15) is 5.26 Å². The summed E-state index contributed by atoms with van der Waals surface area (Å²) in [5, 5.41) is 13.3. The van der Waals surface area contributed by atoms with E-state index in [9.17, 15) is 4.79 Å². The largest absolute Gasteiger partial charge is 0.379 e. The molecule has 6 nitrogen and oxygen atoms in total. The molecule has 6 heteroatoms. The Kier molecular flexibility index (Phi) is 3.79. The van der Waals surface area contributed by atoms with Gasteiger partial charge >= 0.3 is 0 Å². The fourth-order valence-electron chi connectivity index (χ4n) is 2.83. The number of aromatic amines is 1. The number of nitrogens with zero attached hydrogens (tertiary/aromatic N) is 3. The number of likely N-dealkylation sites (tertiary alicyclic amines) is 1. The summed E-state index contributed by atoms with van der Waals surface area (Å²) in [4.78, 5) is 20.9. The molecule has 3 heterocycles. The van der Waals surface area contributed by atoms with Crippen LogP contribution in [0.25, 0.3) is 11.0 Å². The molecule has 22 heavy (non-hydrogen) atoms. The van der Waals surface area contributed by atoms with Crippen LogP contribution < -0.4 is 5.32 Å². The monoisotopic (exact) mass is 295 g/mol. The second-order valence-corrected chi connectivity index (χ2v) is 5.41. The number of hydrogen-bond acceptors (Lipinski definition) is 4. The molecule has 2 aromatic heterocycles. The second-order valence-electron chi connectivity index (χ2n) is 5.41. The standard InChI is InChI=1S/C16H17N5O/c1-2-15(22)21-5-3-4-12(10-21)20-14-9-19-16-13(14)6-11(7-17)8-18-16/h2,6,8-9,12,20H,1,3-5,10H2,(H,18,19)/t12-/m1/s1. The van der Waals surface area contributed by atoms with E-state index in [0.29, 0.717) is 12.1 Å². The molecular formula is C16H17N5O. The van der Waals surface area contributed by atoms with Crippen molar-refractivity contribution in [3.05, 3.63) is 36.7 Å². The van der Waals surface area contributed by atoms with Gasteiger partial charge < -0.3 is 15.2 Å². The van der Waals surface area contributed by atoms with Gasteiger partial charge in [-0.3, -0.25) is 4.79 Å². The lowest BCUT2D eigenvalue weighted by Gasteiger charge is -2.32. The lowest BCUT2D eigenvalue weighted by Crippen LogP contribution is -2.44. The van der Waals surface area contributed by atoms with Crippen molar-refractivity contribution >= 4 is 22.6 Å². The summed E-state index contributed by atoms with van der Waals surface area (Å²) in [5.74, 6) is -0.0288. The second kappa shape index (κ2) is 5.90. The zero-order valence-electron chi connectivity index (χ0n) is 12.2. The Morgan fingerprint density at radius 2 is 2.50 bits per heavy atom. The topological polar surface area (TPSA) is 84.8 Å². The predicted molar refractivity (Wildman–Crippen MR) is 84.2 cm³/mol. The predicted octanol–water partition coefficient (Wildman–Crippen LogP) is 2.02. The Balaban J connectivity index is 1.79. The number of H-pyrrole nitrogens is 1. The number of amides is 1. The van der Waals surface area contributed by atoms with Crippen LogP contribution in [-0.2, 0) is 4.79 Å². The van der Waals surface area contributed by atoms with Gasteiger partial charge in [0, 0.05) is 36.9 Å². The van der Waals surface area contributed by atoms with E-state index in [-0.39, 0.29) is 11.9 Å². The molecule has 0 saturated carbocycles. The van der Waals surface area contributed by atoms with Gasteiger partial charge in [0.2, 0.25) is 5.91 Å². The number of nitrogens with one attached hydrogen (secondary N) is 2. The Hall–Kier alpha value is -2.81. The van der Waals surface area contributed by atoms with E-state index in [0.717, 1.165) is 36.1 Å². The Labute approximate surface area is 128 Å². The molecule has 2 aromatic rings. The summed E-state index contributed by atoms with van der Waals surface area (Å²) in [7, 11) is 0. The van der Waals surface area contributed by atoms with Crippen LogP contribution in [0.1, 0.15) is 18.4 Å². The highest BCUT2D eigenvalue weighted by atomic mass is 16.2. The first-order chi connectivity index (χ1) is 10.7. The Bertz CT molecular complexity index is 757. The smallest absolute Gasteiger partial charge is 0.246 e. The third kappa shape index (κ3) is 2.66. The fraction of sp³-hybridized carbons (Fsp3) is 0.312. The minimum absolute atomic E-state index is 0.0288. The first kappa shape index (κ1) is 14.1. The average Bonchev–Trinajstić information content (AvgIpc) is 2.96. The van der Waals surface area contributed by atoms with Gasteiger partial charge in [0.15, 0.2) is 0 Å². The summed E-state index contributed by atoms with van der Waals surface area (Å²) < 4.78 is 0. The van der Waals surface area contributed by atoms with Crippen LogP contribution in [0.4, 0.5) is 5.69 Å². The molecular weight excluding hydrogens is 278 g/mol. The lowest BCUT2D eigenvalue weighted by atomic mass is 10.1. The number of carbonyl (C=O) groups excluding carboxylic acids is 1. The summed E-state index contributed by atoms with van der Waals surface area (Å²) in [5.41, 5.74) is 2.19. The van der Waals surface area contributed by atoms with E-state index in [1.807, 2.05) is 17.2 Å². The van der Waals surface area contributed by atoms with Gasteiger partial charge in [0.1, 0.15) is 11.7 Å². The van der Waals surface area contributed by atoms with Crippen molar-refractivity contribution in [1.82, 2.24) is 14.9 Å². The van der Waals surface area contributed by atoms with Crippen LogP contribution in [0.15, 0.2) is 31.1 Å². The maximum Gasteiger partial charge on any atom is 0.246 e. The highest BCUT2D eigenvalue weighted by Crippen LogP contribution is 2.25. The third-order valence-electron chi connectivity index (χ3n) is 3.93. The number of pyridine rings is 1. The summed E-state index contributed by atoms with van der Waals surface area (Å²) in [6, 6.07) is 4.10. The molecule has 0 radical (unpaired) electrons. The highest BCUT2D eigenvalue weighted by Gasteiger charge is 2.22. The normalized spacial score (nSPS) is 18.0. The summed E-state index contributed by atoms with van der Waals surface area (Å²) in [6.45, 7) is 4.97. The zero-order chi connectivity index (χ0) is 15.5. The number of nitriles is 1. The maximum atomic E-state index is 11.7. The van der Waals surface area contributed by atoms with Gasteiger partial charge in [-0.25, -0.2) is 4.98 Å². The van der Waals surface area contributed by atoms with E-state index in [2.05, 4.69) is 27.9 Å². The van der Waals surface area contributed by atoms with Gasteiger partial charge in [-0.15, -0.1) is 0 Å². The van der Waals surface area contributed by atoms with Crippen LogP contribution in [0.5, 0.6) is 0 Å². The maximum absolute atomic E-state index is 11.7. The van der Waals surface area contributed by atoms with Crippen molar-refractivity contribution in [2.45, 2.75) is 18.9 Å². The molecule has 1 saturated heterocycles. The van der Waals surface area contributed by atoms with Crippen molar-refractivity contribution < 1.29 is 4.79 Å². The zero-order valence-corrected chi connectivity index (χ0v) is 12.2. The molecule has 112 valence electrons. The SMILES string of the molecule is C=CC(=O)N1CCC[C@@H](Nc2c[nH]c3ncc(C#N)cc23)C1. The fourth-order valence-corrected chi connectivity index (χ4v) is 2.83. The number of anilines is 1. The quantitative estimate of drug-likeness (QED) is 0.848. The third-order valence-corrected chi connectivity index (χ3v) is 3.93. The Morgan fingerprint density at radius 1 is 1.64 bits per heavy atom. The number of carbonyl (C=O) groups is 1. The molecule has 0 aromatic carbocycles. The van der Waals surface area contributed by atoms with E-state index >= 15 is 0 Å². The lowest BCUT2D eigenvalue weighted by molar-refractivity contribution is -0.127. The minimum atomic E-state index is -0.0288. The van der Waals surface area contributed by atoms with Crippen LogP contribution in [0.2, 0.25) is 0 Å². The van der Waals surface area contributed by atoms with Crippen LogP contribution in [0, 0.1) is 11.3 Å². The van der Waals surface area contributed by atoms with Crippen LogP contribution >= 0.6 is 0 Å². The number of hydrogen-bond donors (Lipinski definition) is 2. The molecule has 0 spiro atoms. The minimum Gasteiger partial charge on any atom is -0.379 e. The van der Waals surface area contributed by atoms with Gasteiger partial charge in [-0.1, -0.05) is 6.58 Å². The molecule has 0 aliphatic carbocycles. The molecule has 0 unspecified atom stereocenters. The van der Waals surface area contributed by atoms with Gasteiger partial charge in [-0.05, 0) is 25.0 Å². The molecule has 2 N–H and O–H groups in total. The summed E-state index contributed by atoms with van der Waals surface area (Å²) in [6.07, 6.45) is 6.72. The molecule has 1 amide bonds. The number of fused-ring (bicyclic) bond motifs is 1. The number of piperidine rings is 1. The molecule has 1 fully saturated rings. The first-order valence-corrected chi connectivity index (χ1v) is 7.26. The van der Waals surface area contributed by atoms with Crippen molar-refractivity contribution in [1.29, 1.82) is 5.26 Å². The van der Waals surface area contributed by atoms with Crippen molar-refractivity contribution in [2.24, 2.45) is 0 Å². The van der Waals surface area contributed by atoms with Gasteiger partial charge in [0.05, 0.1) is 11.3 Å². The van der Waals surface area contributed by atoms with E-state index < -0.39 is 0 Å². The molecule has 3 rings (SSSR count). The van der Waals surface area contributed by atoms with Crippen LogP contribution in [0.3, 0.4) is 0 Å². The molecule has 1 aliphatic rings. The Morgan fingerprint density at radius 3 is 3.27 bits per heavy atom. The highest BCUT2D eigenvalue weighted by molar-refractivity contribution is 5.91. The number of aromatic nitrogens is 2. The summed E-state index contributed by atoms with van der Waals surface area (Å²) >= 11 is 0. The van der Waals surface area contributed by atoms with E-state index in [4.69, 9.17) is 5.26 Å². The van der Waals surface area contributed by atoms with Crippen molar-refractivity contribution in [3.63, 3.8) is 0 Å². The molecule has 1 aliphatic heterocycles. The van der Waals surface area contributed by atoms with Crippen molar-refractivity contribution in [2.75, 3.05) is 18.4 Å². The average molecular weight is 295 g/mol. The van der Waals surface area contributed by atoms with Crippen LogP contribution in [-0.4, -0.2) is 39.9 Å². The van der Waals surface area contributed by atoms with Crippen molar-refractivity contribution in [3.8, 4) is 6.07 Å². The van der Waals surface area contributed by atoms with E-state index in [1.165, 1.54) is 6.08 Å².